The molecule has 2 aromatic heterocycles. The Morgan fingerprint density at radius 2 is 2.33 bits per heavy atom. The molecule has 126 valence electrons. The van der Waals surface area contributed by atoms with Crippen LogP contribution in [0.15, 0.2) is 28.9 Å². The zero-order chi connectivity index (χ0) is 16.5. The summed E-state index contributed by atoms with van der Waals surface area (Å²) in [4.78, 5) is 18.6. The molecule has 7 nitrogen and oxygen atoms in total. The molecule has 1 unspecified atom stereocenters. The lowest BCUT2D eigenvalue weighted by molar-refractivity contribution is 0.0764. The van der Waals surface area contributed by atoms with E-state index in [-0.39, 0.29) is 12.0 Å². The molecule has 0 radical (unpaired) electrons. The quantitative estimate of drug-likeness (QED) is 0.799. The van der Waals surface area contributed by atoms with Gasteiger partial charge in [0.25, 0.3) is 5.91 Å². The minimum atomic E-state index is -0.0771. The molecule has 0 bridgehead atoms. The molecule has 0 N–H and O–H groups in total. The molecule has 4 heterocycles. The monoisotopic (exact) mass is 392 g/mol. The van der Waals surface area contributed by atoms with Gasteiger partial charge in [0.15, 0.2) is 5.69 Å². The first-order chi connectivity index (χ1) is 11.7. The maximum Gasteiger partial charge on any atom is 0.274 e. The predicted molar refractivity (Wildman–Crippen MR) is 89.2 cm³/mol. The second kappa shape index (κ2) is 6.43. The van der Waals surface area contributed by atoms with E-state index >= 15 is 0 Å². The number of pyridine rings is 1. The van der Waals surface area contributed by atoms with E-state index in [4.69, 9.17) is 9.47 Å². The Hall–Kier alpha value is -2.09. The van der Waals surface area contributed by atoms with Gasteiger partial charge in [-0.2, -0.15) is 5.10 Å². The number of fused-ring (bicyclic) bond motifs is 1. The van der Waals surface area contributed by atoms with E-state index in [1.807, 2.05) is 12.1 Å². The summed E-state index contributed by atoms with van der Waals surface area (Å²) in [7, 11) is 0. The molecule has 24 heavy (non-hydrogen) atoms. The fourth-order valence-electron chi connectivity index (χ4n) is 2.96. The van der Waals surface area contributed by atoms with Crippen molar-refractivity contribution in [2.75, 3.05) is 19.7 Å². The molecule has 1 saturated heterocycles. The highest BCUT2D eigenvalue weighted by Gasteiger charge is 2.31. The average Bonchev–Trinajstić information content (AvgIpc) is 3.23. The van der Waals surface area contributed by atoms with Crippen LogP contribution in [-0.4, -0.2) is 51.4 Å². The summed E-state index contributed by atoms with van der Waals surface area (Å²) in [6.45, 7) is 2.65. The molecular formula is C16H17BrN4O3. The van der Waals surface area contributed by atoms with Crippen molar-refractivity contribution >= 4 is 21.8 Å². The topological polar surface area (TPSA) is 69.5 Å². The first kappa shape index (κ1) is 15.4. The van der Waals surface area contributed by atoms with Crippen molar-refractivity contribution in [2.24, 2.45) is 0 Å². The van der Waals surface area contributed by atoms with Gasteiger partial charge in [0.2, 0.25) is 11.8 Å². The van der Waals surface area contributed by atoms with Crippen LogP contribution in [0.5, 0.6) is 11.8 Å². The van der Waals surface area contributed by atoms with Crippen molar-refractivity contribution in [2.45, 2.75) is 25.5 Å². The molecule has 1 amide bonds. The lowest BCUT2D eigenvalue weighted by Crippen LogP contribution is -2.31. The Bertz CT molecular complexity index is 740. The third-order valence-corrected chi connectivity index (χ3v) is 4.77. The largest absolute Gasteiger partial charge is 0.478 e. The second-order valence-corrected chi connectivity index (χ2v) is 6.72. The van der Waals surface area contributed by atoms with Crippen LogP contribution in [0, 0.1) is 0 Å². The minimum absolute atomic E-state index is 0.0614. The maximum absolute atomic E-state index is 12.6. The molecule has 0 aliphatic carbocycles. The number of halogens is 1. The summed E-state index contributed by atoms with van der Waals surface area (Å²) in [6, 6.07) is 5.45. The number of aryl methyl sites for hydroxylation is 1. The number of likely N-dealkylation sites (tertiary alicyclic amines) is 1. The first-order valence-corrected chi connectivity index (χ1v) is 8.77. The number of aromatic nitrogens is 3. The maximum atomic E-state index is 12.6. The first-order valence-electron chi connectivity index (χ1n) is 7.98. The van der Waals surface area contributed by atoms with Crippen LogP contribution < -0.4 is 9.47 Å². The SMILES string of the molecule is O=C(c1cc2n(n1)CCCO2)N1CCC(Oc2ncccc2Br)C1. The predicted octanol–water partition coefficient (Wildman–Crippen LogP) is 2.12. The van der Waals surface area contributed by atoms with Crippen molar-refractivity contribution in [3.8, 4) is 11.8 Å². The van der Waals surface area contributed by atoms with Gasteiger partial charge in [0.1, 0.15) is 6.10 Å². The van der Waals surface area contributed by atoms with Gasteiger partial charge < -0.3 is 14.4 Å². The van der Waals surface area contributed by atoms with Gasteiger partial charge in [-0.3, -0.25) is 4.79 Å². The van der Waals surface area contributed by atoms with Gasteiger partial charge in [-0.25, -0.2) is 9.67 Å². The number of carbonyl (C=O) groups excluding carboxylic acids is 1. The number of rotatable bonds is 3. The van der Waals surface area contributed by atoms with Crippen molar-refractivity contribution in [3.05, 3.63) is 34.6 Å². The van der Waals surface area contributed by atoms with Crippen molar-refractivity contribution in [1.29, 1.82) is 0 Å². The van der Waals surface area contributed by atoms with E-state index in [1.54, 1.807) is 21.8 Å². The van der Waals surface area contributed by atoms with Crippen LogP contribution in [0.3, 0.4) is 0 Å². The molecule has 1 fully saturated rings. The highest BCUT2D eigenvalue weighted by Crippen LogP contribution is 2.25. The molecule has 1 atom stereocenters. The van der Waals surface area contributed by atoms with Crippen LogP contribution in [0.25, 0.3) is 0 Å². The van der Waals surface area contributed by atoms with Gasteiger partial charge >= 0.3 is 0 Å². The fourth-order valence-corrected chi connectivity index (χ4v) is 3.31. The van der Waals surface area contributed by atoms with E-state index in [0.29, 0.717) is 37.2 Å². The summed E-state index contributed by atoms with van der Waals surface area (Å²) in [5.41, 5.74) is 0.437. The molecule has 0 saturated carbocycles. The zero-order valence-electron chi connectivity index (χ0n) is 13.0. The molecule has 0 aromatic carbocycles. The summed E-state index contributed by atoms with van der Waals surface area (Å²) in [6.07, 6.45) is 3.32. The number of hydrogen-bond donors (Lipinski definition) is 0. The lowest BCUT2D eigenvalue weighted by Gasteiger charge is -2.16. The number of amides is 1. The second-order valence-electron chi connectivity index (χ2n) is 5.86. The average molecular weight is 393 g/mol. The van der Waals surface area contributed by atoms with E-state index in [0.717, 1.165) is 23.9 Å². The Balaban J connectivity index is 1.42. The zero-order valence-corrected chi connectivity index (χ0v) is 14.6. The molecule has 2 aliphatic heterocycles. The van der Waals surface area contributed by atoms with Crippen LogP contribution >= 0.6 is 15.9 Å². The van der Waals surface area contributed by atoms with Crippen LogP contribution in [0.1, 0.15) is 23.3 Å². The summed E-state index contributed by atoms with van der Waals surface area (Å²) >= 11 is 3.42. The number of hydrogen-bond acceptors (Lipinski definition) is 5. The highest BCUT2D eigenvalue weighted by atomic mass is 79.9. The summed E-state index contributed by atoms with van der Waals surface area (Å²) < 4.78 is 14.0. The van der Waals surface area contributed by atoms with Gasteiger partial charge in [-0.15, -0.1) is 0 Å². The molecule has 8 heteroatoms. The van der Waals surface area contributed by atoms with Gasteiger partial charge in [-0.05, 0) is 28.1 Å². The van der Waals surface area contributed by atoms with Gasteiger partial charge in [-0.1, -0.05) is 0 Å². The molecule has 4 rings (SSSR count). The Kier molecular flexibility index (Phi) is 4.13. The van der Waals surface area contributed by atoms with E-state index in [9.17, 15) is 4.79 Å². The molecule has 2 aromatic rings. The normalized spacial score (nSPS) is 19.7. The van der Waals surface area contributed by atoms with Gasteiger partial charge in [0, 0.05) is 38.2 Å². The lowest BCUT2D eigenvalue weighted by atomic mass is 10.3. The van der Waals surface area contributed by atoms with Crippen LogP contribution in [0.2, 0.25) is 0 Å². The Morgan fingerprint density at radius 1 is 1.42 bits per heavy atom. The third kappa shape index (κ3) is 2.98. The fraction of sp³-hybridized carbons (Fsp3) is 0.438. The summed E-state index contributed by atoms with van der Waals surface area (Å²) in [5.74, 6) is 1.16. The Morgan fingerprint density at radius 3 is 3.17 bits per heavy atom. The standard InChI is InChI=1S/C16H17BrN4O3/c17-12-3-1-5-18-15(12)24-11-4-7-20(10-11)16(22)13-9-14-21(19-13)6-2-8-23-14/h1,3,5,9,11H,2,4,6-8,10H2. The Labute approximate surface area is 147 Å². The molecular weight excluding hydrogens is 376 g/mol. The van der Waals surface area contributed by atoms with Crippen molar-refractivity contribution in [3.63, 3.8) is 0 Å². The highest BCUT2D eigenvalue weighted by molar-refractivity contribution is 9.10. The summed E-state index contributed by atoms with van der Waals surface area (Å²) in [5, 5.41) is 4.36. The van der Waals surface area contributed by atoms with E-state index < -0.39 is 0 Å². The number of nitrogens with zero attached hydrogens (tertiary/aromatic N) is 4. The molecule has 0 spiro atoms. The third-order valence-electron chi connectivity index (χ3n) is 4.16. The van der Waals surface area contributed by atoms with Crippen molar-refractivity contribution in [1.82, 2.24) is 19.7 Å². The van der Waals surface area contributed by atoms with Crippen LogP contribution in [-0.2, 0) is 6.54 Å². The van der Waals surface area contributed by atoms with E-state index in [1.165, 1.54) is 0 Å². The van der Waals surface area contributed by atoms with Crippen LogP contribution in [0.4, 0.5) is 0 Å². The number of ether oxygens (including phenoxy) is 2. The smallest absolute Gasteiger partial charge is 0.274 e. The van der Waals surface area contributed by atoms with Crippen molar-refractivity contribution < 1.29 is 14.3 Å². The molecule has 2 aliphatic rings. The van der Waals surface area contributed by atoms with Gasteiger partial charge in [0.05, 0.1) is 17.6 Å². The number of carbonyl (C=O) groups is 1. The van der Waals surface area contributed by atoms with E-state index in [2.05, 4.69) is 26.0 Å². The minimum Gasteiger partial charge on any atom is -0.478 e.